The normalized spacial score (nSPS) is 10.8. The van der Waals surface area contributed by atoms with Crippen molar-refractivity contribution in [2.75, 3.05) is 41.0 Å². The van der Waals surface area contributed by atoms with E-state index < -0.39 is 34.2 Å². The van der Waals surface area contributed by atoms with Gasteiger partial charge in [0.15, 0.2) is 11.6 Å². The van der Waals surface area contributed by atoms with Crippen LogP contribution in [0.5, 0.6) is 0 Å². The summed E-state index contributed by atoms with van der Waals surface area (Å²) in [7, 11) is 1.61. The molecule has 0 fully saturated rings. The minimum Gasteiger partial charge on any atom is -0.373 e. The first-order valence-electron chi connectivity index (χ1n) is 27.0. The number of aryl methyl sites for hydroxylation is 4. The SMILES string of the molecule is CCc1cc(-c2cccc(Cl)c2C)nc(N)n1.CCc1cc(-c2cccc(F)c2Cl)nc(N)n1.CCc1cc(-c2cccc(F)c2F)nc(N)n1.CCc1nc(N)nc(-c2cccc(Cl)c2Cl)c1C.CNc1cc(-c2cccc(C(F)(F)F)c2Cl)nc(N)n1. The van der Waals surface area contributed by atoms with Crippen molar-refractivity contribution in [2.24, 2.45) is 0 Å². The largest absolute Gasteiger partial charge is 0.417 e. The van der Waals surface area contributed by atoms with Gasteiger partial charge in [-0.1, -0.05) is 140 Å². The van der Waals surface area contributed by atoms with Gasteiger partial charge in [0.05, 0.1) is 54.1 Å². The van der Waals surface area contributed by atoms with Crippen LogP contribution in [-0.4, -0.2) is 56.9 Å². The molecule has 0 saturated heterocycles. The Morgan fingerprint density at radius 3 is 1.35 bits per heavy atom. The van der Waals surface area contributed by atoms with E-state index in [1.54, 1.807) is 37.4 Å². The predicted octanol–water partition coefficient (Wildman–Crippen LogP) is 16.2. The maximum atomic E-state index is 13.6. The Labute approximate surface area is 534 Å². The molecule has 0 unspecified atom stereocenters. The predicted molar refractivity (Wildman–Crippen MR) is 346 cm³/mol. The molecular formula is C62H59Cl5F6N16. The third kappa shape index (κ3) is 18.2. The highest BCUT2D eigenvalue weighted by Gasteiger charge is 2.34. The van der Waals surface area contributed by atoms with Gasteiger partial charge in [0.1, 0.15) is 11.6 Å². The number of nitrogen functional groups attached to an aromatic ring is 5. The van der Waals surface area contributed by atoms with Gasteiger partial charge in [-0.25, -0.2) is 58.0 Å². The maximum absolute atomic E-state index is 13.6. The monoisotopic (exact) mass is 1320 g/mol. The van der Waals surface area contributed by atoms with Crippen molar-refractivity contribution in [3.05, 3.63) is 197 Å². The minimum atomic E-state index is -4.53. The number of halogens is 11. The molecule has 0 saturated carbocycles. The molecule has 0 amide bonds. The lowest BCUT2D eigenvalue weighted by Crippen LogP contribution is -2.07. The Morgan fingerprint density at radius 1 is 0.416 bits per heavy atom. The molecule has 0 radical (unpaired) electrons. The number of nitrogens with two attached hydrogens (primary N) is 5. The maximum Gasteiger partial charge on any atom is 0.417 e. The van der Waals surface area contributed by atoms with E-state index in [0.29, 0.717) is 50.9 Å². The van der Waals surface area contributed by atoms with Crippen LogP contribution in [0.1, 0.15) is 67.2 Å². The highest BCUT2D eigenvalue weighted by molar-refractivity contribution is 6.43. The highest BCUT2D eigenvalue weighted by Crippen LogP contribution is 2.40. The van der Waals surface area contributed by atoms with E-state index in [-0.39, 0.29) is 45.6 Å². The third-order valence-electron chi connectivity index (χ3n) is 12.9. The fourth-order valence-electron chi connectivity index (χ4n) is 8.36. The van der Waals surface area contributed by atoms with Crippen LogP contribution in [0.2, 0.25) is 25.1 Å². The molecule has 0 aliphatic heterocycles. The van der Waals surface area contributed by atoms with Gasteiger partial charge in [-0.05, 0) is 105 Å². The van der Waals surface area contributed by atoms with Crippen LogP contribution in [0.4, 0.5) is 61.9 Å². The Kier molecular flexibility index (Phi) is 24.6. The first-order valence-corrected chi connectivity index (χ1v) is 28.9. The van der Waals surface area contributed by atoms with Crippen molar-refractivity contribution in [1.29, 1.82) is 0 Å². The van der Waals surface area contributed by atoms with Crippen molar-refractivity contribution >= 4 is 93.6 Å². The summed E-state index contributed by atoms with van der Waals surface area (Å²) >= 11 is 30.1. The lowest BCUT2D eigenvalue weighted by Gasteiger charge is -2.12. The molecular weight excluding hydrogens is 1260 g/mol. The van der Waals surface area contributed by atoms with Gasteiger partial charge < -0.3 is 34.0 Å². The second-order valence-electron chi connectivity index (χ2n) is 18.9. The molecule has 0 atom stereocenters. The Balaban J connectivity index is 0.000000178. The van der Waals surface area contributed by atoms with E-state index in [2.05, 4.69) is 55.2 Å². The number of alkyl halides is 3. The fourth-order valence-corrected chi connectivity index (χ4v) is 9.47. The summed E-state index contributed by atoms with van der Waals surface area (Å²) in [4.78, 5) is 40.7. The van der Waals surface area contributed by atoms with Crippen molar-refractivity contribution in [1.82, 2.24) is 49.8 Å². The van der Waals surface area contributed by atoms with Crippen LogP contribution in [0, 0.1) is 31.3 Å². The summed E-state index contributed by atoms with van der Waals surface area (Å²) in [5, 5.41) is 4.10. The summed E-state index contributed by atoms with van der Waals surface area (Å²) in [6.07, 6.45) is -1.52. The van der Waals surface area contributed by atoms with E-state index in [1.807, 2.05) is 77.9 Å². The molecule has 464 valence electrons. The summed E-state index contributed by atoms with van der Waals surface area (Å²) < 4.78 is 78.5. The van der Waals surface area contributed by atoms with Gasteiger partial charge in [-0.2, -0.15) is 18.2 Å². The summed E-state index contributed by atoms with van der Waals surface area (Å²) in [6.45, 7) is 11.9. The zero-order valence-electron chi connectivity index (χ0n) is 48.8. The number of hydrogen-bond acceptors (Lipinski definition) is 16. The summed E-state index contributed by atoms with van der Waals surface area (Å²) in [5.41, 5.74) is 37.7. The molecule has 89 heavy (non-hydrogen) atoms. The van der Waals surface area contributed by atoms with Crippen LogP contribution >= 0.6 is 58.0 Å². The lowest BCUT2D eigenvalue weighted by molar-refractivity contribution is -0.137. The average Bonchev–Trinajstić information content (AvgIpc) is 2.57. The number of nitrogens with zero attached hydrogens (tertiary/aromatic N) is 10. The summed E-state index contributed by atoms with van der Waals surface area (Å²) in [5.74, 6) is -1.18. The van der Waals surface area contributed by atoms with Crippen LogP contribution in [0.3, 0.4) is 0 Å². The van der Waals surface area contributed by atoms with Crippen molar-refractivity contribution in [3.63, 3.8) is 0 Å². The quantitative estimate of drug-likeness (QED) is 0.0695. The molecule has 5 aromatic carbocycles. The zero-order chi connectivity index (χ0) is 65.4. The van der Waals surface area contributed by atoms with Crippen LogP contribution < -0.4 is 34.0 Å². The van der Waals surface area contributed by atoms with Gasteiger partial charge in [-0.3, -0.25) is 0 Å². The summed E-state index contributed by atoms with van der Waals surface area (Å²) in [6, 6.07) is 30.2. The molecule has 0 bridgehead atoms. The molecule has 10 rings (SSSR count). The van der Waals surface area contributed by atoms with Gasteiger partial charge >= 0.3 is 6.18 Å². The van der Waals surface area contributed by atoms with E-state index in [1.165, 1.54) is 36.4 Å². The average molecular weight is 1320 g/mol. The molecule has 16 nitrogen and oxygen atoms in total. The van der Waals surface area contributed by atoms with Gasteiger partial charge in [0.2, 0.25) is 29.7 Å². The molecule has 27 heteroatoms. The van der Waals surface area contributed by atoms with Crippen molar-refractivity contribution in [2.45, 2.75) is 73.4 Å². The van der Waals surface area contributed by atoms with Crippen LogP contribution in [0.25, 0.3) is 56.3 Å². The molecule has 0 aliphatic rings. The van der Waals surface area contributed by atoms with Gasteiger partial charge in [-0.15, -0.1) is 0 Å². The zero-order valence-corrected chi connectivity index (χ0v) is 52.6. The smallest absolute Gasteiger partial charge is 0.373 e. The first kappa shape index (κ1) is 69.4. The molecule has 10 aromatic rings. The van der Waals surface area contributed by atoms with E-state index >= 15 is 0 Å². The number of rotatable bonds is 10. The minimum absolute atomic E-state index is 0.0488. The lowest BCUT2D eigenvalue weighted by atomic mass is 10.0. The Morgan fingerprint density at radius 2 is 0.831 bits per heavy atom. The number of aromatic nitrogens is 10. The van der Waals surface area contributed by atoms with Crippen LogP contribution in [0.15, 0.2) is 115 Å². The molecule has 11 N–H and O–H groups in total. The Hall–Kier alpha value is -8.67. The second kappa shape index (κ2) is 31.5. The number of anilines is 6. The van der Waals surface area contributed by atoms with E-state index in [0.717, 1.165) is 87.1 Å². The number of hydrogen-bond donors (Lipinski definition) is 6. The van der Waals surface area contributed by atoms with Gasteiger partial charge in [0.25, 0.3) is 0 Å². The molecule has 5 aromatic heterocycles. The van der Waals surface area contributed by atoms with Crippen molar-refractivity contribution < 1.29 is 26.3 Å². The Bertz CT molecular complexity index is 3890. The van der Waals surface area contributed by atoms with Crippen molar-refractivity contribution in [3.8, 4) is 56.3 Å². The number of benzene rings is 5. The van der Waals surface area contributed by atoms with E-state index in [4.69, 9.17) is 86.7 Å². The third-order valence-corrected chi connectivity index (χ3v) is 14.9. The van der Waals surface area contributed by atoms with Crippen LogP contribution in [-0.2, 0) is 31.9 Å². The van der Waals surface area contributed by atoms with Gasteiger partial charge in [0, 0.05) is 68.7 Å². The topological polar surface area (TPSA) is 271 Å². The standard InChI is InChI=1S/C13H13Cl2N3.C13H14ClN3.C12H10ClF3N4.C12H11ClFN3.C12H11F2N3/c1-3-10-7(2)12(18-13(16)17-10)8-5-4-6-9(14)11(8)15;1-3-9-7-12(17-13(15)16-9)10-5-4-6-11(14)8(10)2;1-18-9-5-8(19-11(17)20-9)6-3-2-4-7(10(6)13)12(14,15)16;1-2-7-6-10(17-12(15)16-7)8-4-3-5-9(14)11(8)13;1-2-7-6-10(17-12(15)16-7)8-4-3-5-9(13)11(8)14/h4-6H,3H2,1-2H3,(H2,16,17,18);4-7H,3H2,1-2H3,(H2,15,16,17);2-5H,1H3,(H3,17,18,19,20);2*3-6H,2H2,1H3,(H2,15,16,17). The number of nitrogens with one attached hydrogen (secondary N) is 1. The molecule has 0 aliphatic carbocycles. The second-order valence-corrected chi connectivity index (χ2v) is 20.8. The highest BCUT2D eigenvalue weighted by atomic mass is 35.5. The molecule has 0 spiro atoms. The first-order chi connectivity index (χ1) is 42.2. The fraction of sp³-hybridized carbons (Fsp3) is 0.194. The van der Waals surface area contributed by atoms with E-state index in [9.17, 15) is 26.3 Å². The molecule has 5 heterocycles.